The summed E-state index contributed by atoms with van der Waals surface area (Å²) in [4.78, 5) is 29.8. The number of hydrogen-bond acceptors (Lipinski definition) is 3. The van der Waals surface area contributed by atoms with Gasteiger partial charge < -0.3 is 10.6 Å². The van der Waals surface area contributed by atoms with Crippen molar-refractivity contribution in [2.24, 2.45) is 0 Å². The van der Waals surface area contributed by atoms with Gasteiger partial charge in [-0.25, -0.2) is 0 Å². The Morgan fingerprint density at radius 2 is 1.40 bits per heavy atom. The van der Waals surface area contributed by atoms with Crippen LogP contribution < -0.4 is 10.6 Å². The highest BCUT2D eigenvalue weighted by Gasteiger charge is 2.22. The SMILES string of the molecule is O=C(CNC(=O)C(c1ccccc1)c1ccccc1)Nc1cccc2cccnc12. The summed E-state index contributed by atoms with van der Waals surface area (Å²) in [6, 6.07) is 28.5. The Morgan fingerprint density at radius 1 is 0.767 bits per heavy atom. The maximum Gasteiger partial charge on any atom is 0.243 e. The average Bonchev–Trinajstić information content (AvgIpc) is 2.80. The van der Waals surface area contributed by atoms with Gasteiger partial charge in [0.1, 0.15) is 0 Å². The van der Waals surface area contributed by atoms with Crippen molar-refractivity contribution >= 4 is 28.4 Å². The molecule has 0 atom stereocenters. The van der Waals surface area contributed by atoms with Crippen LogP contribution in [0.15, 0.2) is 97.2 Å². The second kappa shape index (κ2) is 9.01. The molecule has 4 aromatic rings. The third-order valence-electron chi connectivity index (χ3n) is 4.86. The predicted octanol–water partition coefficient (Wildman–Crippen LogP) is 4.12. The minimum atomic E-state index is -0.487. The molecular weight excluding hydrogens is 374 g/mol. The second-order valence-electron chi connectivity index (χ2n) is 6.90. The monoisotopic (exact) mass is 395 g/mol. The number of nitrogens with one attached hydrogen (secondary N) is 2. The lowest BCUT2D eigenvalue weighted by molar-refractivity contribution is -0.124. The zero-order chi connectivity index (χ0) is 20.8. The van der Waals surface area contributed by atoms with E-state index in [1.807, 2.05) is 84.9 Å². The van der Waals surface area contributed by atoms with E-state index < -0.39 is 5.92 Å². The van der Waals surface area contributed by atoms with Gasteiger partial charge in [-0.2, -0.15) is 0 Å². The van der Waals surface area contributed by atoms with Crippen molar-refractivity contribution in [1.82, 2.24) is 10.3 Å². The molecule has 1 heterocycles. The minimum Gasteiger partial charge on any atom is -0.346 e. The van der Waals surface area contributed by atoms with Crippen molar-refractivity contribution < 1.29 is 9.59 Å². The van der Waals surface area contributed by atoms with Crippen LogP contribution in [0.3, 0.4) is 0 Å². The standard InChI is InChI=1S/C25H21N3O2/c29-22(28-21-15-7-13-20-14-8-16-26-24(20)21)17-27-25(30)23(18-9-3-1-4-10-18)19-11-5-2-6-12-19/h1-16,23H,17H2,(H,27,30)(H,28,29). The van der Waals surface area contributed by atoms with Crippen LogP contribution in [0.1, 0.15) is 17.0 Å². The first-order valence-electron chi connectivity index (χ1n) is 9.73. The van der Waals surface area contributed by atoms with Crippen molar-refractivity contribution in [3.63, 3.8) is 0 Å². The van der Waals surface area contributed by atoms with Crippen LogP contribution in [0.25, 0.3) is 10.9 Å². The zero-order valence-electron chi connectivity index (χ0n) is 16.3. The van der Waals surface area contributed by atoms with E-state index in [9.17, 15) is 9.59 Å². The summed E-state index contributed by atoms with van der Waals surface area (Å²) in [5.41, 5.74) is 3.08. The van der Waals surface area contributed by atoms with Gasteiger partial charge in [-0.05, 0) is 23.3 Å². The molecule has 3 aromatic carbocycles. The van der Waals surface area contributed by atoms with Crippen LogP contribution in [-0.2, 0) is 9.59 Å². The molecule has 30 heavy (non-hydrogen) atoms. The molecule has 5 heteroatoms. The molecule has 2 N–H and O–H groups in total. The third kappa shape index (κ3) is 4.36. The molecule has 2 amide bonds. The Hall–Kier alpha value is -3.99. The first-order valence-corrected chi connectivity index (χ1v) is 9.73. The van der Waals surface area contributed by atoms with Crippen molar-refractivity contribution in [3.05, 3.63) is 108 Å². The number of amides is 2. The predicted molar refractivity (Wildman–Crippen MR) is 118 cm³/mol. The molecule has 0 saturated carbocycles. The van der Waals surface area contributed by atoms with E-state index >= 15 is 0 Å². The molecule has 5 nitrogen and oxygen atoms in total. The number of hydrogen-bond donors (Lipinski definition) is 2. The first-order chi connectivity index (χ1) is 14.7. The van der Waals surface area contributed by atoms with Crippen molar-refractivity contribution in [2.45, 2.75) is 5.92 Å². The van der Waals surface area contributed by atoms with E-state index in [0.717, 1.165) is 16.5 Å². The summed E-state index contributed by atoms with van der Waals surface area (Å²) >= 11 is 0. The number of pyridine rings is 1. The van der Waals surface area contributed by atoms with Crippen LogP contribution in [-0.4, -0.2) is 23.3 Å². The quantitative estimate of drug-likeness (QED) is 0.516. The van der Waals surface area contributed by atoms with Crippen LogP contribution in [0.2, 0.25) is 0 Å². The summed E-state index contributed by atoms with van der Waals surface area (Å²) in [6.07, 6.45) is 1.68. The van der Waals surface area contributed by atoms with Crippen LogP contribution in [0.4, 0.5) is 5.69 Å². The number of fused-ring (bicyclic) bond motifs is 1. The summed E-state index contributed by atoms with van der Waals surface area (Å²) in [5.74, 6) is -1.01. The van der Waals surface area contributed by atoms with Gasteiger partial charge in [0.05, 0.1) is 23.7 Å². The van der Waals surface area contributed by atoms with Gasteiger partial charge >= 0.3 is 0 Å². The van der Waals surface area contributed by atoms with Gasteiger partial charge in [0, 0.05) is 11.6 Å². The van der Waals surface area contributed by atoms with E-state index in [2.05, 4.69) is 15.6 Å². The highest BCUT2D eigenvalue weighted by molar-refractivity contribution is 6.02. The van der Waals surface area contributed by atoms with Crippen LogP contribution in [0.5, 0.6) is 0 Å². The number of nitrogens with zero attached hydrogens (tertiary/aromatic N) is 1. The van der Waals surface area contributed by atoms with Gasteiger partial charge in [-0.3, -0.25) is 14.6 Å². The molecular formula is C25H21N3O2. The Balaban J connectivity index is 1.47. The number of aromatic nitrogens is 1. The zero-order valence-corrected chi connectivity index (χ0v) is 16.3. The van der Waals surface area contributed by atoms with Gasteiger partial charge in [-0.1, -0.05) is 78.9 Å². The summed E-state index contributed by atoms with van der Waals surface area (Å²) in [5, 5.41) is 6.56. The normalized spacial score (nSPS) is 10.7. The van der Waals surface area contributed by atoms with E-state index in [1.165, 1.54) is 0 Å². The minimum absolute atomic E-state index is 0.127. The van der Waals surface area contributed by atoms with Gasteiger partial charge in [-0.15, -0.1) is 0 Å². The molecule has 1 aromatic heterocycles. The fourth-order valence-electron chi connectivity index (χ4n) is 3.46. The van der Waals surface area contributed by atoms with E-state index in [1.54, 1.807) is 12.3 Å². The fraction of sp³-hybridized carbons (Fsp3) is 0.0800. The van der Waals surface area contributed by atoms with Crippen molar-refractivity contribution in [1.29, 1.82) is 0 Å². The van der Waals surface area contributed by atoms with Crippen LogP contribution >= 0.6 is 0 Å². The maximum absolute atomic E-state index is 13.0. The number of carbonyl (C=O) groups is 2. The van der Waals surface area contributed by atoms with Gasteiger partial charge in [0.15, 0.2) is 0 Å². The molecule has 0 spiro atoms. The molecule has 0 radical (unpaired) electrons. The van der Waals surface area contributed by atoms with Crippen LogP contribution in [0, 0.1) is 0 Å². The molecule has 0 aliphatic heterocycles. The number of anilines is 1. The Labute approximate surface area is 174 Å². The molecule has 148 valence electrons. The number of carbonyl (C=O) groups excluding carboxylic acids is 2. The van der Waals surface area contributed by atoms with Crippen molar-refractivity contribution in [2.75, 3.05) is 11.9 Å². The molecule has 0 fully saturated rings. The molecule has 0 aliphatic rings. The Kier molecular flexibility index (Phi) is 5.80. The third-order valence-corrected chi connectivity index (χ3v) is 4.86. The van der Waals surface area contributed by atoms with E-state index in [-0.39, 0.29) is 18.4 Å². The second-order valence-corrected chi connectivity index (χ2v) is 6.90. The number of benzene rings is 3. The molecule has 0 saturated heterocycles. The smallest absolute Gasteiger partial charge is 0.243 e. The largest absolute Gasteiger partial charge is 0.346 e. The summed E-state index contributed by atoms with van der Waals surface area (Å²) in [6.45, 7) is -0.127. The lowest BCUT2D eigenvalue weighted by Gasteiger charge is -2.18. The maximum atomic E-state index is 13.0. The molecule has 4 rings (SSSR count). The lowest BCUT2D eigenvalue weighted by Crippen LogP contribution is -2.36. The number of rotatable bonds is 6. The van der Waals surface area contributed by atoms with Gasteiger partial charge in [0.2, 0.25) is 11.8 Å². The van der Waals surface area contributed by atoms with E-state index in [4.69, 9.17) is 0 Å². The summed E-state index contributed by atoms with van der Waals surface area (Å²) in [7, 11) is 0. The summed E-state index contributed by atoms with van der Waals surface area (Å²) < 4.78 is 0. The fourth-order valence-corrected chi connectivity index (χ4v) is 3.46. The lowest BCUT2D eigenvalue weighted by atomic mass is 9.90. The molecule has 0 unspecified atom stereocenters. The Bertz CT molecular complexity index is 1120. The molecule has 0 aliphatic carbocycles. The molecule has 0 bridgehead atoms. The topological polar surface area (TPSA) is 71.1 Å². The average molecular weight is 395 g/mol. The van der Waals surface area contributed by atoms with Crippen molar-refractivity contribution in [3.8, 4) is 0 Å². The Morgan fingerprint density at radius 3 is 2.07 bits per heavy atom. The van der Waals surface area contributed by atoms with E-state index in [0.29, 0.717) is 11.2 Å². The highest BCUT2D eigenvalue weighted by Crippen LogP contribution is 2.25. The first kappa shape index (κ1) is 19.3. The number of para-hydroxylation sites is 1. The highest BCUT2D eigenvalue weighted by atomic mass is 16.2. The van der Waals surface area contributed by atoms with Gasteiger partial charge in [0.25, 0.3) is 0 Å².